The van der Waals surface area contributed by atoms with Crippen molar-refractivity contribution in [2.45, 2.75) is 30.7 Å². The molecular weight excluding hydrogens is 226 g/mol. The van der Waals surface area contributed by atoms with Crippen molar-refractivity contribution in [2.75, 3.05) is 26.9 Å². The summed E-state index contributed by atoms with van der Waals surface area (Å²) >= 11 is 0. The molecule has 0 aromatic carbocycles. The first-order valence-electron chi connectivity index (χ1n) is 5.85. The molecule has 2 aliphatic rings. The fourth-order valence-corrected chi connectivity index (χ4v) is 2.82. The van der Waals surface area contributed by atoms with E-state index in [-0.39, 0.29) is 13.2 Å². The summed E-state index contributed by atoms with van der Waals surface area (Å²) < 4.78 is 16.2. The van der Waals surface area contributed by atoms with Crippen molar-refractivity contribution in [2.24, 2.45) is 11.7 Å². The molecular formula is C11H19NO5. The molecule has 0 aromatic rings. The number of aliphatic hydroxyl groups is 1. The second-order valence-electron chi connectivity index (χ2n) is 4.58. The third-order valence-corrected chi connectivity index (χ3v) is 3.70. The summed E-state index contributed by atoms with van der Waals surface area (Å²) in [6.07, 6.45) is 0.355. The molecule has 0 bridgehead atoms. The average molecular weight is 245 g/mol. The topological polar surface area (TPSA) is 91.0 Å². The Labute approximate surface area is 100 Å². The largest absolute Gasteiger partial charge is 0.390 e. The number of methoxy groups -OCH3 is 1. The van der Waals surface area contributed by atoms with E-state index in [1.807, 2.05) is 0 Å². The summed E-state index contributed by atoms with van der Waals surface area (Å²) in [6, 6.07) is 0. The number of ether oxygens (including phenoxy) is 3. The smallest absolute Gasteiger partial charge is 0.252 e. The van der Waals surface area contributed by atoms with Crippen LogP contribution in [-0.4, -0.2) is 55.8 Å². The van der Waals surface area contributed by atoms with Crippen LogP contribution >= 0.6 is 0 Å². The molecule has 0 aliphatic carbocycles. The maximum absolute atomic E-state index is 11.8. The van der Waals surface area contributed by atoms with Crippen LogP contribution in [0.5, 0.6) is 0 Å². The number of amides is 1. The van der Waals surface area contributed by atoms with E-state index in [0.29, 0.717) is 13.0 Å². The molecule has 2 rings (SSSR count). The summed E-state index contributed by atoms with van der Waals surface area (Å²) in [5, 5.41) is 9.90. The van der Waals surface area contributed by atoms with Crippen LogP contribution in [0.4, 0.5) is 0 Å². The number of aliphatic hydroxyl groups excluding tert-OH is 1. The fourth-order valence-electron chi connectivity index (χ4n) is 2.82. The predicted molar refractivity (Wildman–Crippen MR) is 58.2 cm³/mol. The van der Waals surface area contributed by atoms with Crippen LogP contribution in [0.3, 0.4) is 0 Å². The Morgan fingerprint density at radius 3 is 2.82 bits per heavy atom. The zero-order valence-corrected chi connectivity index (χ0v) is 9.93. The van der Waals surface area contributed by atoms with Gasteiger partial charge in [0.25, 0.3) is 5.91 Å². The van der Waals surface area contributed by atoms with Gasteiger partial charge in [0.1, 0.15) is 0 Å². The summed E-state index contributed by atoms with van der Waals surface area (Å²) in [5.41, 5.74) is 4.24. The van der Waals surface area contributed by atoms with Crippen molar-refractivity contribution in [3.05, 3.63) is 0 Å². The normalized spacial score (nSPS) is 42.6. The number of nitrogens with two attached hydrogens (primary N) is 1. The lowest BCUT2D eigenvalue weighted by atomic mass is 9.76. The summed E-state index contributed by atoms with van der Waals surface area (Å²) in [4.78, 5) is 11.8. The molecule has 0 spiro atoms. The van der Waals surface area contributed by atoms with Crippen molar-refractivity contribution in [3.8, 4) is 0 Å². The summed E-state index contributed by atoms with van der Waals surface area (Å²) in [6.45, 7) is 0.926. The monoisotopic (exact) mass is 245 g/mol. The van der Waals surface area contributed by atoms with Crippen molar-refractivity contribution in [1.82, 2.24) is 0 Å². The van der Waals surface area contributed by atoms with E-state index in [2.05, 4.69) is 0 Å². The molecule has 4 atom stereocenters. The highest BCUT2D eigenvalue weighted by atomic mass is 16.6. The van der Waals surface area contributed by atoms with Gasteiger partial charge in [-0.25, -0.2) is 0 Å². The molecule has 98 valence electrons. The number of carbonyl (C=O) groups is 1. The van der Waals surface area contributed by atoms with Crippen LogP contribution in [-0.2, 0) is 19.0 Å². The number of hydrogen-bond donors (Lipinski definition) is 2. The first kappa shape index (κ1) is 12.8. The number of rotatable bonds is 3. The minimum Gasteiger partial charge on any atom is -0.390 e. The minimum absolute atomic E-state index is 0.208. The van der Waals surface area contributed by atoms with Crippen LogP contribution in [0.25, 0.3) is 0 Å². The van der Waals surface area contributed by atoms with E-state index < -0.39 is 29.6 Å². The molecule has 2 saturated heterocycles. The maximum atomic E-state index is 11.8. The SMILES string of the molecule is COC1CCCOC1(C(N)=O)[C@@H]1COC[C@H]1O. The Hall–Kier alpha value is -0.690. The molecule has 0 saturated carbocycles. The molecule has 2 aliphatic heterocycles. The van der Waals surface area contributed by atoms with E-state index in [9.17, 15) is 9.90 Å². The molecule has 17 heavy (non-hydrogen) atoms. The summed E-state index contributed by atoms with van der Waals surface area (Å²) in [7, 11) is 1.53. The molecule has 6 nitrogen and oxygen atoms in total. The van der Waals surface area contributed by atoms with E-state index in [1.165, 1.54) is 7.11 Å². The van der Waals surface area contributed by atoms with Gasteiger partial charge < -0.3 is 25.1 Å². The quantitative estimate of drug-likeness (QED) is 0.668. The first-order chi connectivity index (χ1) is 8.13. The molecule has 2 fully saturated rings. The van der Waals surface area contributed by atoms with Crippen molar-refractivity contribution in [3.63, 3.8) is 0 Å². The van der Waals surface area contributed by atoms with Crippen LogP contribution in [0, 0.1) is 5.92 Å². The van der Waals surface area contributed by atoms with Gasteiger partial charge in [-0.05, 0) is 12.8 Å². The van der Waals surface area contributed by atoms with E-state index in [0.717, 1.165) is 6.42 Å². The van der Waals surface area contributed by atoms with Gasteiger partial charge in [-0.3, -0.25) is 4.79 Å². The van der Waals surface area contributed by atoms with Gasteiger partial charge in [0.2, 0.25) is 0 Å². The van der Waals surface area contributed by atoms with Crippen molar-refractivity contribution >= 4 is 5.91 Å². The maximum Gasteiger partial charge on any atom is 0.252 e. The first-order valence-corrected chi connectivity index (χ1v) is 5.85. The molecule has 1 amide bonds. The van der Waals surface area contributed by atoms with Gasteiger partial charge in [0.05, 0.1) is 31.3 Å². The summed E-state index contributed by atoms with van der Waals surface area (Å²) in [5.74, 6) is -1.04. The molecule has 6 heteroatoms. The van der Waals surface area contributed by atoms with Gasteiger partial charge in [0.15, 0.2) is 5.60 Å². The Balaban J connectivity index is 2.32. The molecule has 0 radical (unpaired) electrons. The Kier molecular flexibility index (Phi) is 3.67. The van der Waals surface area contributed by atoms with Gasteiger partial charge in [-0.15, -0.1) is 0 Å². The number of hydrogen-bond acceptors (Lipinski definition) is 5. The van der Waals surface area contributed by atoms with Crippen molar-refractivity contribution in [1.29, 1.82) is 0 Å². The van der Waals surface area contributed by atoms with E-state index >= 15 is 0 Å². The van der Waals surface area contributed by atoms with Gasteiger partial charge in [-0.1, -0.05) is 0 Å². The second kappa shape index (κ2) is 4.89. The van der Waals surface area contributed by atoms with Crippen molar-refractivity contribution < 1.29 is 24.1 Å². The highest BCUT2D eigenvalue weighted by Crippen LogP contribution is 2.38. The van der Waals surface area contributed by atoms with Crippen LogP contribution in [0.15, 0.2) is 0 Å². The fraction of sp³-hybridized carbons (Fsp3) is 0.909. The molecule has 2 unspecified atom stereocenters. The molecule has 3 N–H and O–H groups in total. The zero-order valence-electron chi connectivity index (χ0n) is 9.93. The minimum atomic E-state index is -1.26. The van der Waals surface area contributed by atoms with Gasteiger partial charge >= 0.3 is 0 Å². The Morgan fingerprint density at radius 1 is 1.53 bits per heavy atom. The second-order valence-corrected chi connectivity index (χ2v) is 4.58. The predicted octanol–water partition coefficient (Wildman–Crippen LogP) is -0.957. The van der Waals surface area contributed by atoms with Crippen LogP contribution in [0.1, 0.15) is 12.8 Å². The van der Waals surface area contributed by atoms with E-state index in [1.54, 1.807) is 0 Å². The third-order valence-electron chi connectivity index (χ3n) is 3.70. The third kappa shape index (κ3) is 1.95. The van der Waals surface area contributed by atoms with Crippen LogP contribution < -0.4 is 5.73 Å². The van der Waals surface area contributed by atoms with E-state index in [4.69, 9.17) is 19.9 Å². The lowest BCUT2D eigenvalue weighted by molar-refractivity contribution is -0.204. The molecule has 0 aromatic heterocycles. The number of carbonyl (C=O) groups excluding carboxylic acids is 1. The van der Waals surface area contributed by atoms with Crippen LogP contribution in [0.2, 0.25) is 0 Å². The zero-order chi connectivity index (χ0) is 12.5. The lowest BCUT2D eigenvalue weighted by Gasteiger charge is -2.44. The Bertz CT molecular complexity index is 298. The highest BCUT2D eigenvalue weighted by molar-refractivity contribution is 5.85. The Morgan fingerprint density at radius 2 is 2.29 bits per heavy atom. The number of primary amides is 1. The molecule has 2 heterocycles. The van der Waals surface area contributed by atoms with Gasteiger partial charge in [-0.2, -0.15) is 0 Å². The average Bonchev–Trinajstić information content (AvgIpc) is 2.75. The van der Waals surface area contributed by atoms with Gasteiger partial charge in [0, 0.05) is 13.7 Å². The highest BCUT2D eigenvalue weighted by Gasteiger charge is 2.57. The standard InChI is InChI=1S/C11H19NO5/c1-15-9-3-2-4-17-11(9,10(12)14)7-5-16-6-8(7)13/h7-9,13H,2-6H2,1H3,(H2,12,14)/t7-,8-,9?,11?/m1/s1. The lowest BCUT2D eigenvalue weighted by Crippen LogP contribution is -2.64.